The molecule has 1 aromatic rings. The molecule has 1 saturated heterocycles. The number of likely N-dealkylation sites (tertiary alicyclic amines) is 1. The van der Waals surface area contributed by atoms with Crippen molar-refractivity contribution < 1.29 is 9.21 Å². The molecule has 15 heavy (non-hydrogen) atoms. The van der Waals surface area contributed by atoms with E-state index in [2.05, 4.69) is 0 Å². The maximum Gasteiger partial charge on any atom is 0.289 e. The Morgan fingerprint density at radius 1 is 1.67 bits per heavy atom. The van der Waals surface area contributed by atoms with E-state index in [0.717, 1.165) is 25.9 Å². The Morgan fingerprint density at radius 3 is 3.20 bits per heavy atom. The topological polar surface area (TPSA) is 59.5 Å². The molecular weight excluding hydrogens is 192 g/mol. The molecule has 1 amide bonds. The summed E-state index contributed by atoms with van der Waals surface area (Å²) < 4.78 is 5.09. The number of carbonyl (C=O) groups is 1. The minimum absolute atomic E-state index is 0.000443. The molecule has 0 saturated carbocycles. The fourth-order valence-electron chi connectivity index (χ4n) is 2.04. The van der Waals surface area contributed by atoms with Crippen molar-refractivity contribution in [3.8, 4) is 0 Å². The third kappa shape index (κ3) is 2.21. The van der Waals surface area contributed by atoms with Gasteiger partial charge in [-0.2, -0.15) is 0 Å². The summed E-state index contributed by atoms with van der Waals surface area (Å²) in [6.45, 7) is 2.34. The molecule has 0 bridgehead atoms. The van der Waals surface area contributed by atoms with Gasteiger partial charge in [-0.3, -0.25) is 4.79 Å². The van der Waals surface area contributed by atoms with Crippen molar-refractivity contribution in [1.82, 2.24) is 4.90 Å². The molecule has 1 unspecified atom stereocenters. The Hall–Kier alpha value is -1.29. The van der Waals surface area contributed by atoms with Gasteiger partial charge < -0.3 is 15.1 Å². The predicted octanol–water partition coefficient (Wildman–Crippen LogP) is 1.09. The fourth-order valence-corrected chi connectivity index (χ4v) is 2.04. The van der Waals surface area contributed by atoms with Crippen LogP contribution < -0.4 is 5.73 Å². The number of hydrogen-bond acceptors (Lipinski definition) is 3. The van der Waals surface area contributed by atoms with Gasteiger partial charge >= 0.3 is 0 Å². The first kappa shape index (κ1) is 10.2. The van der Waals surface area contributed by atoms with Gasteiger partial charge in [0.25, 0.3) is 5.91 Å². The Morgan fingerprint density at radius 2 is 2.53 bits per heavy atom. The molecule has 2 rings (SSSR count). The number of nitrogens with two attached hydrogens (primary N) is 1. The average molecular weight is 208 g/mol. The van der Waals surface area contributed by atoms with Crippen LogP contribution in [0.25, 0.3) is 0 Å². The zero-order chi connectivity index (χ0) is 10.7. The van der Waals surface area contributed by atoms with Crippen LogP contribution >= 0.6 is 0 Å². The third-order valence-corrected chi connectivity index (χ3v) is 2.88. The lowest BCUT2D eigenvalue weighted by atomic mass is 10.1. The maximum atomic E-state index is 11.9. The maximum absolute atomic E-state index is 11.9. The molecule has 4 nitrogen and oxygen atoms in total. The first-order chi connectivity index (χ1) is 7.31. The SMILES string of the molecule is NCCC1CCN(C(=O)c2ccco2)C1. The van der Waals surface area contributed by atoms with Crippen LogP contribution in [0.1, 0.15) is 23.4 Å². The molecule has 1 atom stereocenters. The molecule has 1 aliphatic heterocycles. The second kappa shape index (κ2) is 4.49. The van der Waals surface area contributed by atoms with Crippen LogP contribution in [0.2, 0.25) is 0 Å². The number of carbonyl (C=O) groups excluding carboxylic acids is 1. The van der Waals surface area contributed by atoms with Crippen molar-refractivity contribution in [1.29, 1.82) is 0 Å². The van der Waals surface area contributed by atoms with Crippen LogP contribution in [-0.2, 0) is 0 Å². The summed E-state index contributed by atoms with van der Waals surface area (Å²) in [7, 11) is 0. The van der Waals surface area contributed by atoms with Gasteiger partial charge in [0.15, 0.2) is 5.76 Å². The minimum Gasteiger partial charge on any atom is -0.459 e. The van der Waals surface area contributed by atoms with Crippen molar-refractivity contribution in [2.24, 2.45) is 11.7 Å². The van der Waals surface area contributed by atoms with E-state index in [1.807, 2.05) is 4.90 Å². The molecule has 0 aliphatic carbocycles. The van der Waals surface area contributed by atoms with E-state index >= 15 is 0 Å². The van der Waals surface area contributed by atoms with Crippen LogP contribution in [0, 0.1) is 5.92 Å². The molecule has 2 heterocycles. The summed E-state index contributed by atoms with van der Waals surface area (Å²) >= 11 is 0. The Bertz CT molecular complexity index is 321. The van der Waals surface area contributed by atoms with Gasteiger partial charge in [-0.15, -0.1) is 0 Å². The molecule has 0 spiro atoms. The van der Waals surface area contributed by atoms with Gasteiger partial charge in [-0.05, 0) is 37.4 Å². The summed E-state index contributed by atoms with van der Waals surface area (Å²) in [6.07, 6.45) is 3.59. The van der Waals surface area contributed by atoms with E-state index in [-0.39, 0.29) is 5.91 Å². The number of nitrogens with zero attached hydrogens (tertiary/aromatic N) is 1. The van der Waals surface area contributed by atoms with Crippen LogP contribution in [0.4, 0.5) is 0 Å². The lowest BCUT2D eigenvalue weighted by Crippen LogP contribution is -2.28. The summed E-state index contributed by atoms with van der Waals surface area (Å²) in [5.41, 5.74) is 5.50. The van der Waals surface area contributed by atoms with E-state index in [9.17, 15) is 4.79 Å². The Balaban J connectivity index is 1.93. The number of hydrogen-bond donors (Lipinski definition) is 1. The second-order valence-corrected chi connectivity index (χ2v) is 3.96. The van der Waals surface area contributed by atoms with Crippen LogP contribution in [0.15, 0.2) is 22.8 Å². The lowest BCUT2D eigenvalue weighted by molar-refractivity contribution is 0.0755. The molecule has 0 aromatic carbocycles. The van der Waals surface area contributed by atoms with Crippen molar-refractivity contribution in [2.75, 3.05) is 19.6 Å². The largest absolute Gasteiger partial charge is 0.459 e. The number of amides is 1. The lowest BCUT2D eigenvalue weighted by Gasteiger charge is -2.14. The highest BCUT2D eigenvalue weighted by Crippen LogP contribution is 2.20. The van der Waals surface area contributed by atoms with Crippen molar-refractivity contribution >= 4 is 5.91 Å². The van der Waals surface area contributed by atoms with E-state index in [1.165, 1.54) is 6.26 Å². The predicted molar refractivity (Wildman–Crippen MR) is 56.4 cm³/mol. The van der Waals surface area contributed by atoms with Gasteiger partial charge in [0.1, 0.15) is 0 Å². The quantitative estimate of drug-likeness (QED) is 0.808. The van der Waals surface area contributed by atoms with Crippen molar-refractivity contribution in [3.05, 3.63) is 24.2 Å². The van der Waals surface area contributed by atoms with E-state index in [4.69, 9.17) is 10.2 Å². The molecule has 1 aliphatic rings. The minimum atomic E-state index is -0.000443. The molecule has 2 N–H and O–H groups in total. The highest BCUT2D eigenvalue weighted by Gasteiger charge is 2.27. The highest BCUT2D eigenvalue weighted by molar-refractivity contribution is 5.91. The summed E-state index contributed by atoms with van der Waals surface area (Å²) in [4.78, 5) is 13.7. The zero-order valence-electron chi connectivity index (χ0n) is 8.69. The zero-order valence-corrected chi connectivity index (χ0v) is 8.69. The highest BCUT2D eigenvalue weighted by atomic mass is 16.3. The molecule has 1 aromatic heterocycles. The van der Waals surface area contributed by atoms with Gasteiger partial charge in [0.2, 0.25) is 0 Å². The first-order valence-electron chi connectivity index (χ1n) is 5.34. The number of furan rings is 1. The molecule has 0 radical (unpaired) electrons. The second-order valence-electron chi connectivity index (χ2n) is 3.96. The standard InChI is InChI=1S/C11H16N2O2/c12-5-3-9-4-6-13(8-9)11(14)10-2-1-7-15-10/h1-2,7,9H,3-6,8,12H2. The normalized spacial score (nSPS) is 20.9. The van der Waals surface area contributed by atoms with Crippen molar-refractivity contribution in [3.63, 3.8) is 0 Å². The molecule has 4 heteroatoms. The Labute approximate surface area is 89.0 Å². The third-order valence-electron chi connectivity index (χ3n) is 2.88. The van der Waals surface area contributed by atoms with Gasteiger partial charge in [-0.25, -0.2) is 0 Å². The monoisotopic (exact) mass is 208 g/mol. The fraction of sp³-hybridized carbons (Fsp3) is 0.545. The molecular formula is C11H16N2O2. The van der Waals surface area contributed by atoms with E-state index in [0.29, 0.717) is 18.2 Å². The molecule has 82 valence electrons. The Kier molecular flexibility index (Phi) is 3.06. The van der Waals surface area contributed by atoms with Crippen LogP contribution in [-0.4, -0.2) is 30.4 Å². The smallest absolute Gasteiger partial charge is 0.289 e. The van der Waals surface area contributed by atoms with E-state index in [1.54, 1.807) is 12.1 Å². The van der Waals surface area contributed by atoms with Gasteiger partial charge in [0.05, 0.1) is 6.26 Å². The summed E-state index contributed by atoms with van der Waals surface area (Å²) in [5, 5.41) is 0. The number of rotatable bonds is 3. The molecule has 1 fully saturated rings. The van der Waals surface area contributed by atoms with Crippen LogP contribution in [0.3, 0.4) is 0 Å². The van der Waals surface area contributed by atoms with Gasteiger partial charge in [0, 0.05) is 13.1 Å². The first-order valence-corrected chi connectivity index (χ1v) is 5.34. The van der Waals surface area contributed by atoms with Crippen LogP contribution in [0.5, 0.6) is 0 Å². The van der Waals surface area contributed by atoms with Crippen molar-refractivity contribution in [2.45, 2.75) is 12.8 Å². The average Bonchev–Trinajstić information content (AvgIpc) is 2.87. The summed E-state index contributed by atoms with van der Waals surface area (Å²) in [6, 6.07) is 3.44. The summed E-state index contributed by atoms with van der Waals surface area (Å²) in [5.74, 6) is 0.997. The van der Waals surface area contributed by atoms with Gasteiger partial charge in [-0.1, -0.05) is 0 Å². The van der Waals surface area contributed by atoms with E-state index < -0.39 is 0 Å².